The molecule has 0 fully saturated rings. The maximum Gasteiger partial charge on any atom is 0.0479 e. The minimum absolute atomic E-state index is 0.784. The maximum absolute atomic E-state index is 4.92. The Morgan fingerprint density at radius 3 is 2.77 bits per heavy atom. The van der Waals surface area contributed by atoms with Crippen molar-refractivity contribution in [1.29, 1.82) is 0 Å². The number of methoxy groups -OCH3 is 1. The van der Waals surface area contributed by atoms with Crippen LogP contribution in [0, 0.1) is 0 Å². The van der Waals surface area contributed by atoms with Crippen molar-refractivity contribution >= 4 is 6.21 Å². The SMILES string of the molecule is COCCCN=Cc1ccccc1. The molecule has 0 aliphatic rings. The fourth-order valence-electron chi connectivity index (χ4n) is 1.01. The molecule has 0 saturated carbocycles. The summed E-state index contributed by atoms with van der Waals surface area (Å²) in [6, 6.07) is 10.1. The molecule has 0 aliphatic heterocycles. The van der Waals surface area contributed by atoms with Crippen LogP contribution in [0.25, 0.3) is 0 Å². The van der Waals surface area contributed by atoms with E-state index in [2.05, 4.69) is 4.99 Å². The van der Waals surface area contributed by atoms with Gasteiger partial charge in [-0.15, -0.1) is 0 Å². The van der Waals surface area contributed by atoms with Crippen molar-refractivity contribution in [3.63, 3.8) is 0 Å². The van der Waals surface area contributed by atoms with Crippen molar-refractivity contribution in [3.8, 4) is 0 Å². The molecule has 0 N–H and O–H groups in total. The molecule has 1 aromatic carbocycles. The van der Waals surface area contributed by atoms with Gasteiger partial charge in [0.1, 0.15) is 0 Å². The molecule has 0 spiro atoms. The molecule has 0 unspecified atom stereocenters. The van der Waals surface area contributed by atoms with Crippen LogP contribution in [0.3, 0.4) is 0 Å². The molecule has 0 atom stereocenters. The molecule has 0 radical (unpaired) electrons. The average Bonchev–Trinajstić information content (AvgIpc) is 2.19. The van der Waals surface area contributed by atoms with Crippen LogP contribution in [-0.2, 0) is 4.74 Å². The van der Waals surface area contributed by atoms with Gasteiger partial charge in [0, 0.05) is 26.5 Å². The van der Waals surface area contributed by atoms with Crippen LogP contribution < -0.4 is 0 Å². The van der Waals surface area contributed by atoms with E-state index in [0.29, 0.717) is 0 Å². The normalized spacial score (nSPS) is 10.8. The molecule has 70 valence electrons. The van der Waals surface area contributed by atoms with Crippen molar-refractivity contribution in [2.45, 2.75) is 6.42 Å². The zero-order valence-electron chi connectivity index (χ0n) is 7.94. The lowest BCUT2D eigenvalue weighted by molar-refractivity contribution is 0.197. The summed E-state index contributed by atoms with van der Waals surface area (Å²) in [6.45, 7) is 1.62. The number of nitrogens with zero attached hydrogens (tertiary/aromatic N) is 1. The van der Waals surface area contributed by atoms with Gasteiger partial charge in [-0.1, -0.05) is 30.3 Å². The number of hydrogen-bond donors (Lipinski definition) is 0. The van der Waals surface area contributed by atoms with Crippen molar-refractivity contribution in [3.05, 3.63) is 35.9 Å². The monoisotopic (exact) mass is 177 g/mol. The summed E-state index contributed by atoms with van der Waals surface area (Å²) in [4.78, 5) is 4.27. The minimum Gasteiger partial charge on any atom is -0.385 e. The van der Waals surface area contributed by atoms with E-state index in [4.69, 9.17) is 4.74 Å². The Kier molecular flexibility index (Phi) is 4.87. The third kappa shape index (κ3) is 4.43. The maximum atomic E-state index is 4.92. The molecular formula is C11H15NO. The number of aliphatic imine (C=N–C) groups is 1. The Balaban J connectivity index is 2.25. The van der Waals surface area contributed by atoms with Crippen LogP contribution in [0.1, 0.15) is 12.0 Å². The van der Waals surface area contributed by atoms with Gasteiger partial charge in [-0.2, -0.15) is 0 Å². The van der Waals surface area contributed by atoms with Crippen molar-refractivity contribution in [2.75, 3.05) is 20.3 Å². The second-order valence-corrected chi connectivity index (χ2v) is 2.79. The highest BCUT2D eigenvalue weighted by Crippen LogP contribution is 1.94. The lowest BCUT2D eigenvalue weighted by atomic mass is 10.2. The summed E-state index contributed by atoms with van der Waals surface area (Å²) in [5, 5.41) is 0. The second-order valence-electron chi connectivity index (χ2n) is 2.79. The van der Waals surface area contributed by atoms with Gasteiger partial charge in [0.2, 0.25) is 0 Å². The van der Waals surface area contributed by atoms with Gasteiger partial charge in [-0.25, -0.2) is 0 Å². The standard InChI is InChI=1S/C11H15NO/c1-13-9-5-8-12-10-11-6-3-2-4-7-11/h2-4,6-7,10H,5,8-9H2,1H3. The molecule has 1 aromatic rings. The topological polar surface area (TPSA) is 21.6 Å². The molecule has 0 aromatic heterocycles. The summed E-state index contributed by atoms with van der Waals surface area (Å²) >= 11 is 0. The van der Waals surface area contributed by atoms with E-state index in [1.54, 1.807) is 7.11 Å². The predicted octanol–water partition coefficient (Wildman–Crippen LogP) is 2.14. The summed E-state index contributed by atoms with van der Waals surface area (Å²) < 4.78 is 4.92. The molecule has 0 aliphatic carbocycles. The Bertz CT molecular complexity index is 244. The van der Waals surface area contributed by atoms with E-state index in [1.807, 2.05) is 36.5 Å². The van der Waals surface area contributed by atoms with Crippen LogP contribution in [0.2, 0.25) is 0 Å². The van der Waals surface area contributed by atoms with Gasteiger partial charge >= 0.3 is 0 Å². The Labute approximate surface area is 79.3 Å². The van der Waals surface area contributed by atoms with E-state index < -0.39 is 0 Å². The van der Waals surface area contributed by atoms with E-state index >= 15 is 0 Å². The van der Waals surface area contributed by atoms with Gasteiger partial charge < -0.3 is 4.74 Å². The van der Waals surface area contributed by atoms with E-state index in [-0.39, 0.29) is 0 Å². The van der Waals surface area contributed by atoms with E-state index in [0.717, 1.165) is 25.1 Å². The highest BCUT2D eigenvalue weighted by molar-refractivity contribution is 5.79. The lowest BCUT2D eigenvalue weighted by Crippen LogP contribution is -1.91. The first-order chi connectivity index (χ1) is 6.43. The van der Waals surface area contributed by atoms with Crippen molar-refractivity contribution < 1.29 is 4.74 Å². The molecule has 0 amide bonds. The highest BCUT2D eigenvalue weighted by atomic mass is 16.5. The summed E-state index contributed by atoms with van der Waals surface area (Å²) in [7, 11) is 1.71. The molecule has 0 saturated heterocycles. The van der Waals surface area contributed by atoms with Crippen molar-refractivity contribution in [1.82, 2.24) is 0 Å². The van der Waals surface area contributed by atoms with Gasteiger partial charge in [0.05, 0.1) is 0 Å². The molecule has 13 heavy (non-hydrogen) atoms. The van der Waals surface area contributed by atoms with Gasteiger partial charge in [0.25, 0.3) is 0 Å². The molecule has 0 bridgehead atoms. The number of rotatable bonds is 5. The van der Waals surface area contributed by atoms with Crippen LogP contribution in [0.4, 0.5) is 0 Å². The minimum atomic E-state index is 0.784. The van der Waals surface area contributed by atoms with Crippen LogP contribution in [0.15, 0.2) is 35.3 Å². The quantitative estimate of drug-likeness (QED) is 0.499. The molecule has 2 nitrogen and oxygen atoms in total. The first kappa shape index (κ1) is 9.93. The summed E-state index contributed by atoms with van der Waals surface area (Å²) in [5.74, 6) is 0. The Morgan fingerprint density at radius 1 is 1.31 bits per heavy atom. The van der Waals surface area contributed by atoms with Crippen LogP contribution >= 0.6 is 0 Å². The average molecular weight is 177 g/mol. The number of benzene rings is 1. The number of ether oxygens (including phenoxy) is 1. The predicted molar refractivity (Wildman–Crippen MR) is 55.4 cm³/mol. The second kappa shape index (κ2) is 6.38. The largest absolute Gasteiger partial charge is 0.385 e. The van der Waals surface area contributed by atoms with E-state index in [9.17, 15) is 0 Å². The zero-order chi connectivity index (χ0) is 9.36. The first-order valence-electron chi connectivity index (χ1n) is 4.47. The van der Waals surface area contributed by atoms with Crippen LogP contribution in [0.5, 0.6) is 0 Å². The Morgan fingerprint density at radius 2 is 2.08 bits per heavy atom. The van der Waals surface area contributed by atoms with E-state index in [1.165, 1.54) is 0 Å². The molecule has 0 heterocycles. The smallest absolute Gasteiger partial charge is 0.0479 e. The molecular weight excluding hydrogens is 162 g/mol. The first-order valence-corrected chi connectivity index (χ1v) is 4.47. The van der Waals surface area contributed by atoms with Crippen molar-refractivity contribution in [2.24, 2.45) is 4.99 Å². The fraction of sp³-hybridized carbons (Fsp3) is 0.364. The lowest BCUT2D eigenvalue weighted by Gasteiger charge is -1.94. The van der Waals surface area contributed by atoms with Gasteiger partial charge in [-0.3, -0.25) is 4.99 Å². The highest BCUT2D eigenvalue weighted by Gasteiger charge is 1.84. The Hall–Kier alpha value is -1.15. The van der Waals surface area contributed by atoms with Crippen LogP contribution in [-0.4, -0.2) is 26.5 Å². The summed E-state index contributed by atoms with van der Waals surface area (Å²) in [6.07, 6.45) is 2.88. The molecule has 1 rings (SSSR count). The number of hydrogen-bond acceptors (Lipinski definition) is 2. The summed E-state index contributed by atoms with van der Waals surface area (Å²) in [5.41, 5.74) is 1.15. The fourth-order valence-corrected chi connectivity index (χ4v) is 1.01. The zero-order valence-corrected chi connectivity index (χ0v) is 7.94. The van der Waals surface area contributed by atoms with Gasteiger partial charge in [0.15, 0.2) is 0 Å². The van der Waals surface area contributed by atoms with Gasteiger partial charge in [-0.05, 0) is 12.0 Å². The third-order valence-electron chi connectivity index (χ3n) is 1.68. The molecule has 2 heteroatoms. The third-order valence-corrected chi connectivity index (χ3v) is 1.68.